The van der Waals surface area contributed by atoms with E-state index in [1.165, 1.54) is 5.56 Å². The first-order valence-corrected chi connectivity index (χ1v) is 9.03. The number of pyridine rings is 2. The maximum Gasteiger partial charge on any atom is 0.126 e. The molecule has 136 valence electrons. The summed E-state index contributed by atoms with van der Waals surface area (Å²) in [6.07, 6.45) is 5.64. The minimum Gasteiger partial charge on any atom is -0.369 e. The Morgan fingerprint density at radius 1 is 0.963 bits per heavy atom. The van der Waals surface area contributed by atoms with Crippen LogP contribution >= 0.6 is 0 Å². The lowest BCUT2D eigenvalue weighted by atomic mass is 10.1. The maximum absolute atomic E-state index is 4.63. The van der Waals surface area contributed by atoms with Crippen LogP contribution < -0.4 is 10.6 Å². The van der Waals surface area contributed by atoms with Crippen LogP contribution in [0, 0.1) is 0 Å². The number of fused-ring (bicyclic) bond motifs is 1. The highest BCUT2D eigenvalue weighted by Crippen LogP contribution is 2.20. The van der Waals surface area contributed by atoms with Crippen LogP contribution in [0.2, 0.25) is 0 Å². The normalized spacial score (nSPS) is 11.0. The minimum absolute atomic E-state index is 0.762. The smallest absolute Gasteiger partial charge is 0.126 e. The first-order valence-electron chi connectivity index (χ1n) is 9.03. The van der Waals surface area contributed by atoms with E-state index < -0.39 is 0 Å². The lowest BCUT2D eigenvalue weighted by molar-refractivity contribution is 0.704. The van der Waals surface area contributed by atoms with E-state index in [0.717, 1.165) is 47.6 Å². The summed E-state index contributed by atoms with van der Waals surface area (Å²) in [5.41, 5.74) is 4.26. The van der Waals surface area contributed by atoms with Crippen molar-refractivity contribution in [1.82, 2.24) is 25.1 Å². The Hall–Kier alpha value is -3.25. The molecule has 0 unspecified atom stereocenters. The molecule has 0 aliphatic heterocycles. The van der Waals surface area contributed by atoms with Crippen LogP contribution in [0.15, 0.2) is 67.1 Å². The first kappa shape index (κ1) is 17.2. The zero-order valence-electron chi connectivity index (χ0n) is 15.3. The molecular weight excluding hydrogens is 336 g/mol. The van der Waals surface area contributed by atoms with Crippen LogP contribution in [0.3, 0.4) is 0 Å². The first-order chi connectivity index (χ1) is 13.3. The topological polar surface area (TPSA) is 67.7 Å². The predicted octanol–water partition coefficient (Wildman–Crippen LogP) is 3.23. The molecular formula is C21H22N6. The van der Waals surface area contributed by atoms with Crippen LogP contribution in [-0.2, 0) is 13.6 Å². The van der Waals surface area contributed by atoms with Gasteiger partial charge >= 0.3 is 0 Å². The van der Waals surface area contributed by atoms with Gasteiger partial charge in [-0.2, -0.15) is 5.10 Å². The van der Waals surface area contributed by atoms with Crippen molar-refractivity contribution in [1.29, 1.82) is 0 Å². The highest BCUT2D eigenvalue weighted by molar-refractivity contribution is 5.80. The van der Waals surface area contributed by atoms with Crippen LogP contribution in [0.1, 0.15) is 5.56 Å². The second-order valence-electron chi connectivity index (χ2n) is 6.41. The van der Waals surface area contributed by atoms with Crippen molar-refractivity contribution >= 4 is 16.7 Å². The molecule has 4 rings (SSSR count). The number of benzene rings is 1. The van der Waals surface area contributed by atoms with E-state index in [9.17, 15) is 0 Å². The number of hydrogen-bond donors (Lipinski definition) is 2. The van der Waals surface area contributed by atoms with Crippen LogP contribution in [0.5, 0.6) is 0 Å². The number of rotatable bonds is 7. The van der Waals surface area contributed by atoms with Crippen LogP contribution in [0.25, 0.3) is 22.2 Å². The Morgan fingerprint density at radius 3 is 2.70 bits per heavy atom. The largest absolute Gasteiger partial charge is 0.369 e. The molecule has 0 saturated heterocycles. The number of nitrogens with zero attached hydrogens (tertiary/aromatic N) is 4. The van der Waals surface area contributed by atoms with E-state index >= 15 is 0 Å². The average Bonchev–Trinajstić information content (AvgIpc) is 3.09. The molecule has 0 saturated carbocycles. The molecule has 0 fully saturated rings. The van der Waals surface area contributed by atoms with Crippen molar-refractivity contribution in [2.24, 2.45) is 7.05 Å². The van der Waals surface area contributed by atoms with Crippen molar-refractivity contribution < 1.29 is 0 Å². The van der Waals surface area contributed by atoms with Gasteiger partial charge in [-0.15, -0.1) is 0 Å². The van der Waals surface area contributed by atoms with Gasteiger partial charge in [0.1, 0.15) is 5.82 Å². The van der Waals surface area contributed by atoms with Gasteiger partial charge in [0, 0.05) is 61.8 Å². The van der Waals surface area contributed by atoms with Crippen LogP contribution in [0.4, 0.5) is 5.82 Å². The van der Waals surface area contributed by atoms with Gasteiger partial charge < -0.3 is 10.6 Å². The Labute approximate surface area is 158 Å². The molecule has 3 heterocycles. The Balaban J connectivity index is 1.31. The summed E-state index contributed by atoms with van der Waals surface area (Å²) < 4.78 is 1.85. The molecule has 27 heavy (non-hydrogen) atoms. The number of nitrogens with one attached hydrogen (secondary N) is 2. The summed E-state index contributed by atoms with van der Waals surface area (Å²) in [6, 6.07) is 16.2. The second kappa shape index (κ2) is 7.97. The van der Waals surface area contributed by atoms with Gasteiger partial charge in [0.25, 0.3) is 0 Å². The SMILES string of the molecule is Cn1cc(CNCCNc2ccc3ccccc3n2)c(-c2ccncc2)n1. The van der Waals surface area contributed by atoms with Gasteiger partial charge in [0.15, 0.2) is 0 Å². The van der Waals surface area contributed by atoms with E-state index in [0.29, 0.717) is 0 Å². The second-order valence-corrected chi connectivity index (χ2v) is 6.41. The van der Waals surface area contributed by atoms with Gasteiger partial charge in [-0.25, -0.2) is 4.98 Å². The molecule has 0 spiro atoms. The molecule has 4 aromatic rings. The van der Waals surface area contributed by atoms with Crippen molar-refractivity contribution in [2.75, 3.05) is 18.4 Å². The van der Waals surface area contributed by atoms with Gasteiger partial charge in [-0.1, -0.05) is 18.2 Å². The maximum atomic E-state index is 4.63. The fourth-order valence-corrected chi connectivity index (χ4v) is 3.09. The molecule has 1 aromatic carbocycles. The van der Waals surface area contributed by atoms with E-state index in [4.69, 9.17) is 0 Å². The lowest BCUT2D eigenvalue weighted by Crippen LogP contribution is -2.22. The Kier molecular flexibility index (Phi) is 5.07. The summed E-state index contributed by atoms with van der Waals surface area (Å²) in [5, 5.41) is 12.6. The van der Waals surface area contributed by atoms with Crippen LogP contribution in [-0.4, -0.2) is 32.8 Å². The number of hydrogen-bond acceptors (Lipinski definition) is 5. The highest BCUT2D eigenvalue weighted by Gasteiger charge is 2.09. The molecule has 2 N–H and O–H groups in total. The van der Waals surface area contributed by atoms with E-state index in [1.807, 2.05) is 48.1 Å². The molecule has 6 heteroatoms. The third-order valence-corrected chi connectivity index (χ3v) is 4.38. The third-order valence-electron chi connectivity index (χ3n) is 4.38. The summed E-state index contributed by atoms with van der Waals surface area (Å²) in [6.45, 7) is 2.40. The van der Waals surface area contributed by atoms with E-state index in [1.54, 1.807) is 12.4 Å². The molecule has 0 aliphatic carbocycles. The van der Waals surface area contributed by atoms with Gasteiger partial charge in [0.2, 0.25) is 0 Å². The fraction of sp³-hybridized carbons (Fsp3) is 0.190. The van der Waals surface area contributed by atoms with Crippen molar-refractivity contribution in [3.8, 4) is 11.3 Å². The molecule has 0 bridgehead atoms. The minimum atomic E-state index is 0.762. The van der Waals surface area contributed by atoms with Gasteiger partial charge in [-0.3, -0.25) is 9.67 Å². The lowest BCUT2D eigenvalue weighted by Gasteiger charge is -2.08. The average molecular weight is 358 g/mol. The summed E-state index contributed by atoms with van der Waals surface area (Å²) in [5.74, 6) is 0.898. The Bertz CT molecular complexity index is 1030. The fourth-order valence-electron chi connectivity index (χ4n) is 3.09. The van der Waals surface area contributed by atoms with E-state index in [-0.39, 0.29) is 0 Å². The zero-order valence-corrected chi connectivity index (χ0v) is 15.3. The molecule has 0 amide bonds. The monoisotopic (exact) mass is 358 g/mol. The standard InChI is InChI=1S/C21H22N6/c1-27-15-18(21(26-27)17-8-10-22-11-9-17)14-23-12-13-24-20-7-6-16-4-2-3-5-19(16)25-20/h2-11,15,23H,12-14H2,1H3,(H,24,25). The third kappa shape index (κ3) is 4.12. The number of para-hydroxylation sites is 1. The molecule has 0 radical (unpaired) electrons. The summed E-state index contributed by atoms with van der Waals surface area (Å²) in [7, 11) is 1.95. The van der Waals surface area contributed by atoms with Crippen molar-refractivity contribution in [3.05, 3.63) is 72.7 Å². The van der Waals surface area contributed by atoms with Gasteiger partial charge in [0.05, 0.1) is 11.2 Å². The predicted molar refractivity (Wildman–Crippen MR) is 108 cm³/mol. The van der Waals surface area contributed by atoms with Crippen molar-refractivity contribution in [3.63, 3.8) is 0 Å². The molecule has 6 nitrogen and oxygen atoms in total. The number of aromatic nitrogens is 4. The van der Waals surface area contributed by atoms with Gasteiger partial charge in [-0.05, 0) is 30.3 Å². The highest BCUT2D eigenvalue weighted by atomic mass is 15.3. The molecule has 0 aliphatic rings. The number of anilines is 1. The molecule has 3 aromatic heterocycles. The molecule has 0 atom stereocenters. The summed E-state index contributed by atoms with van der Waals surface area (Å²) in [4.78, 5) is 8.71. The summed E-state index contributed by atoms with van der Waals surface area (Å²) >= 11 is 0. The van der Waals surface area contributed by atoms with E-state index in [2.05, 4.69) is 44.0 Å². The number of aryl methyl sites for hydroxylation is 1. The Morgan fingerprint density at radius 2 is 1.81 bits per heavy atom. The quantitative estimate of drug-likeness (QED) is 0.497. The van der Waals surface area contributed by atoms with Crippen molar-refractivity contribution in [2.45, 2.75) is 6.54 Å². The zero-order chi connectivity index (χ0) is 18.5.